The zero-order valence-electron chi connectivity index (χ0n) is 21.5. The number of phenolic OH excluding ortho intramolecular Hbond substituents is 2. The smallest absolute Gasteiger partial charge is 0.332 e. The van der Waals surface area contributed by atoms with Crippen molar-refractivity contribution in [1.29, 1.82) is 0 Å². The molecule has 0 aliphatic carbocycles. The predicted molar refractivity (Wildman–Crippen MR) is 139 cm³/mol. The van der Waals surface area contributed by atoms with Crippen molar-refractivity contribution >= 4 is 23.5 Å². The van der Waals surface area contributed by atoms with Crippen LogP contribution in [-0.4, -0.2) is 53.4 Å². The van der Waals surface area contributed by atoms with Crippen molar-refractivity contribution in [2.45, 2.75) is 45.8 Å². The summed E-state index contributed by atoms with van der Waals surface area (Å²) in [6.07, 6.45) is -0.233. The SMILES string of the molecule is CC(C)(C)OC(=O)COCCNC(=O)CCC(=O)N1Cc2cc(O)ccc2-c2c(c2=O)-c2ccc(O)cc21. The number of amides is 2. The highest BCUT2D eigenvalue weighted by Crippen LogP contribution is 2.45. The molecule has 200 valence electrons. The Morgan fingerprint density at radius 1 is 0.974 bits per heavy atom. The van der Waals surface area contributed by atoms with Gasteiger partial charge < -0.3 is 29.9 Å². The van der Waals surface area contributed by atoms with Gasteiger partial charge in [-0.25, -0.2) is 4.79 Å². The third-order valence-corrected chi connectivity index (χ3v) is 5.95. The van der Waals surface area contributed by atoms with E-state index in [2.05, 4.69) is 5.32 Å². The number of hydrogen-bond acceptors (Lipinski definition) is 8. The standard InChI is InChI=1S/C28H30N2O8/c1-28(2,3)38-24(35)15-37-11-10-29-22(33)8-9-23(34)30-14-16-12-17(31)4-6-19(16)25-26(27(25)36)20-7-5-18(32)13-21(20)30/h4-7,12-13,31-32H,8-11,14-15H2,1-3H3,(H,29,33). The van der Waals surface area contributed by atoms with E-state index in [-0.39, 0.29) is 67.9 Å². The van der Waals surface area contributed by atoms with Gasteiger partial charge in [-0.3, -0.25) is 14.4 Å². The number of esters is 1. The van der Waals surface area contributed by atoms with Crippen LogP contribution >= 0.6 is 0 Å². The third-order valence-electron chi connectivity index (χ3n) is 5.95. The summed E-state index contributed by atoms with van der Waals surface area (Å²) in [6, 6.07) is 9.11. The second-order valence-corrected chi connectivity index (χ2v) is 10.1. The van der Waals surface area contributed by atoms with Gasteiger partial charge >= 0.3 is 5.97 Å². The molecule has 10 heteroatoms. The molecule has 10 nitrogen and oxygen atoms in total. The lowest BCUT2D eigenvalue weighted by molar-refractivity contribution is -0.160. The molecule has 38 heavy (non-hydrogen) atoms. The first-order chi connectivity index (χ1) is 17.9. The Balaban J connectivity index is 1.39. The van der Waals surface area contributed by atoms with E-state index in [0.717, 1.165) is 0 Å². The minimum atomic E-state index is -0.608. The monoisotopic (exact) mass is 522 g/mol. The zero-order chi connectivity index (χ0) is 27.6. The fourth-order valence-electron chi connectivity index (χ4n) is 4.30. The van der Waals surface area contributed by atoms with E-state index < -0.39 is 11.6 Å². The highest BCUT2D eigenvalue weighted by molar-refractivity contribution is 6.06. The molecule has 3 N–H and O–H groups in total. The van der Waals surface area contributed by atoms with Gasteiger partial charge in [-0.05, 0) is 56.2 Å². The summed E-state index contributed by atoms with van der Waals surface area (Å²) < 4.78 is 10.3. The van der Waals surface area contributed by atoms with E-state index in [1.54, 1.807) is 32.9 Å². The van der Waals surface area contributed by atoms with Crippen molar-refractivity contribution in [2.75, 3.05) is 24.7 Å². The maximum absolute atomic E-state index is 13.3. The van der Waals surface area contributed by atoms with Crippen LogP contribution in [-0.2, 0) is 30.4 Å². The molecular weight excluding hydrogens is 492 g/mol. The van der Waals surface area contributed by atoms with Crippen LogP contribution in [0.25, 0.3) is 22.3 Å². The fraction of sp³-hybridized carbons (Fsp3) is 0.357. The topological polar surface area (TPSA) is 142 Å². The Morgan fingerprint density at radius 3 is 2.34 bits per heavy atom. The molecule has 1 aliphatic rings. The van der Waals surface area contributed by atoms with Crippen molar-refractivity contribution in [1.82, 2.24) is 5.32 Å². The Morgan fingerprint density at radius 2 is 1.63 bits per heavy atom. The van der Waals surface area contributed by atoms with Gasteiger partial charge in [0.1, 0.15) is 23.7 Å². The summed E-state index contributed by atoms with van der Waals surface area (Å²) >= 11 is 0. The molecule has 1 aliphatic heterocycles. The van der Waals surface area contributed by atoms with Gasteiger partial charge in [0.15, 0.2) is 5.43 Å². The van der Waals surface area contributed by atoms with Gasteiger partial charge in [0.2, 0.25) is 11.8 Å². The van der Waals surface area contributed by atoms with Gasteiger partial charge in [0.05, 0.1) is 18.8 Å². The van der Waals surface area contributed by atoms with Gasteiger partial charge in [0.25, 0.3) is 0 Å². The van der Waals surface area contributed by atoms with Gasteiger partial charge in [-0.15, -0.1) is 0 Å². The molecule has 0 unspecified atom stereocenters. The number of nitrogens with one attached hydrogen (secondary N) is 1. The zero-order valence-corrected chi connectivity index (χ0v) is 21.5. The summed E-state index contributed by atoms with van der Waals surface area (Å²) in [5.74, 6) is -1.34. The molecule has 0 aromatic heterocycles. The van der Waals surface area contributed by atoms with E-state index in [1.807, 2.05) is 0 Å². The first-order valence-corrected chi connectivity index (χ1v) is 12.3. The summed E-state index contributed by atoms with van der Waals surface area (Å²) in [7, 11) is 0. The number of ether oxygens (including phenoxy) is 2. The van der Waals surface area contributed by atoms with E-state index in [0.29, 0.717) is 33.5 Å². The first kappa shape index (κ1) is 26.9. The van der Waals surface area contributed by atoms with Crippen LogP contribution in [0.4, 0.5) is 5.69 Å². The van der Waals surface area contributed by atoms with Gasteiger partial charge in [-0.1, -0.05) is 6.07 Å². The molecule has 4 rings (SSSR count). The predicted octanol–water partition coefficient (Wildman–Crippen LogP) is 2.77. The van der Waals surface area contributed by atoms with Crippen LogP contribution in [0.3, 0.4) is 0 Å². The van der Waals surface area contributed by atoms with Gasteiger partial charge in [-0.2, -0.15) is 0 Å². The normalized spacial score (nSPS) is 12.7. The number of carbonyl (C=O) groups is 3. The Bertz CT molecular complexity index is 1390. The Labute approximate surface area is 219 Å². The minimum absolute atomic E-state index is 0.00336. The van der Waals surface area contributed by atoms with Crippen LogP contribution in [0.2, 0.25) is 0 Å². The maximum Gasteiger partial charge on any atom is 0.332 e. The summed E-state index contributed by atoms with van der Waals surface area (Å²) in [6.45, 7) is 5.33. The molecular formula is C28H30N2O8. The van der Waals surface area contributed by atoms with Crippen LogP contribution in [0, 0.1) is 0 Å². The molecule has 2 amide bonds. The molecule has 0 bridgehead atoms. The second-order valence-electron chi connectivity index (χ2n) is 10.1. The molecule has 3 aromatic carbocycles. The van der Waals surface area contributed by atoms with Crippen LogP contribution < -0.4 is 15.6 Å². The average Bonchev–Trinajstić information content (AvgIpc) is 3.48. The molecule has 0 saturated heterocycles. The number of carbonyl (C=O) groups excluding carboxylic acids is 3. The second kappa shape index (κ2) is 10.7. The summed E-state index contributed by atoms with van der Waals surface area (Å²) in [5.41, 5.74) is 2.36. The summed E-state index contributed by atoms with van der Waals surface area (Å²) in [5, 5.41) is 22.8. The number of benzene rings is 2. The molecule has 0 radical (unpaired) electrons. The molecule has 0 spiro atoms. The molecule has 1 heterocycles. The first-order valence-electron chi connectivity index (χ1n) is 12.3. The van der Waals surface area contributed by atoms with E-state index >= 15 is 0 Å². The minimum Gasteiger partial charge on any atom is -0.508 e. The number of rotatable bonds is 8. The lowest BCUT2D eigenvalue weighted by Crippen LogP contribution is -2.33. The van der Waals surface area contributed by atoms with Crippen LogP contribution in [0.5, 0.6) is 11.5 Å². The van der Waals surface area contributed by atoms with Crippen LogP contribution in [0.1, 0.15) is 39.2 Å². The third kappa shape index (κ3) is 6.20. The number of aromatic hydroxyl groups is 2. The fourth-order valence-corrected chi connectivity index (χ4v) is 4.30. The van der Waals surface area contributed by atoms with E-state index in [4.69, 9.17) is 9.47 Å². The van der Waals surface area contributed by atoms with Crippen molar-refractivity contribution in [3.05, 3.63) is 52.2 Å². The number of nitrogens with zero attached hydrogens (tertiary/aromatic N) is 1. The van der Waals surface area contributed by atoms with Crippen molar-refractivity contribution in [3.8, 4) is 33.8 Å². The Hall–Kier alpha value is -4.18. The lowest BCUT2D eigenvalue weighted by Gasteiger charge is -2.27. The van der Waals surface area contributed by atoms with Gasteiger partial charge in [0, 0.05) is 42.1 Å². The molecule has 3 aromatic rings. The number of hydrogen-bond donors (Lipinski definition) is 3. The maximum atomic E-state index is 13.3. The average molecular weight is 523 g/mol. The molecule has 0 atom stereocenters. The largest absolute Gasteiger partial charge is 0.508 e. The number of anilines is 1. The molecule has 0 saturated carbocycles. The molecule has 0 fully saturated rings. The van der Waals surface area contributed by atoms with E-state index in [1.165, 1.54) is 29.2 Å². The van der Waals surface area contributed by atoms with Crippen molar-refractivity contribution in [2.24, 2.45) is 0 Å². The highest BCUT2D eigenvalue weighted by atomic mass is 16.6. The number of fused-ring (bicyclic) bond motifs is 5. The summed E-state index contributed by atoms with van der Waals surface area (Å²) in [4.78, 5) is 51.4. The lowest BCUT2D eigenvalue weighted by atomic mass is 9.98. The van der Waals surface area contributed by atoms with Crippen molar-refractivity contribution < 1.29 is 34.1 Å². The number of phenols is 2. The quantitative estimate of drug-likeness (QED) is 0.303. The highest BCUT2D eigenvalue weighted by Gasteiger charge is 2.34. The van der Waals surface area contributed by atoms with Crippen molar-refractivity contribution in [3.63, 3.8) is 0 Å². The van der Waals surface area contributed by atoms with E-state index in [9.17, 15) is 29.4 Å². The Kier molecular flexibility index (Phi) is 7.54. The van der Waals surface area contributed by atoms with Crippen LogP contribution in [0.15, 0.2) is 41.2 Å².